The molecule has 0 saturated heterocycles. The van der Waals surface area contributed by atoms with Crippen molar-refractivity contribution in [2.45, 2.75) is 39.2 Å². The molecule has 1 fully saturated rings. The molecule has 104 valence electrons. The van der Waals surface area contributed by atoms with E-state index in [9.17, 15) is 4.79 Å². The minimum absolute atomic E-state index is 0.0366. The first-order chi connectivity index (χ1) is 8.95. The number of hydrogen-bond donors (Lipinski definition) is 2. The summed E-state index contributed by atoms with van der Waals surface area (Å²) < 4.78 is 0.788. The predicted molar refractivity (Wildman–Crippen MR) is 82.0 cm³/mol. The zero-order valence-electron chi connectivity index (χ0n) is 11.4. The summed E-state index contributed by atoms with van der Waals surface area (Å²) in [5.74, 6) is 1.32. The number of carbonyl (C=O) groups excluding carboxylic acids is 1. The highest BCUT2D eigenvalue weighted by molar-refractivity contribution is 9.10. The van der Waals surface area contributed by atoms with E-state index in [1.165, 1.54) is 6.42 Å². The Kier molecular flexibility index (Phi) is 4.50. The first-order valence-electron chi connectivity index (χ1n) is 6.81. The van der Waals surface area contributed by atoms with Gasteiger partial charge in [-0.25, -0.2) is 0 Å². The first-order valence-corrected chi connectivity index (χ1v) is 7.61. The van der Waals surface area contributed by atoms with Crippen LogP contribution in [0.15, 0.2) is 22.7 Å². The molecule has 1 saturated carbocycles. The molecular weight excluding hydrogens is 304 g/mol. The molecule has 0 bridgehead atoms. The second-order valence-corrected chi connectivity index (χ2v) is 6.68. The minimum Gasteiger partial charge on any atom is -0.399 e. The zero-order chi connectivity index (χ0) is 14.0. The van der Waals surface area contributed by atoms with Crippen LogP contribution in [0, 0.1) is 11.8 Å². The van der Waals surface area contributed by atoms with Crippen molar-refractivity contribution in [1.82, 2.24) is 5.32 Å². The zero-order valence-corrected chi connectivity index (χ0v) is 13.0. The molecule has 1 aliphatic carbocycles. The highest BCUT2D eigenvalue weighted by Gasteiger charge is 2.25. The van der Waals surface area contributed by atoms with Gasteiger partial charge in [-0.05, 0) is 65.2 Å². The SMILES string of the molecule is CC1CC(C)CC(NC(=O)c2cc(N)ccc2Br)C1. The van der Waals surface area contributed by atoms with Gasteiger partial charge in [0, 0.05) is 16.2 Å². The van der Waals surface area contributed by atoms with E-state index in [1.807, 2.05) is 6.07 Å². The number of amides is 1. The van der Waals surface area contributed by atoms with Crippen molar-refractivity contribution >= 4 is 27.5 Å². The minimum atomic E-state index is -0.0366. The quantitative estimate of drug-likeness (QED) is 0.817. The molecule has 1 aromatic carbocycles. The largest absolute Gasteiger partial charge is 0.399 e. The molecule has 2 rings (SSSR count). The van der Waals surface area contributed by atoms with Crippen molar-refractivity contribution in [3.8, 4) is 0 Å². The van der Waals surface area contributed by atoms with Crippen LogP contribution in [0.25, 0.3) is 0 Å². The van der Waals surface area contributed by atoms with Crippen LogP contribution in [0.1, 0.15) is 43.5 Å². The smallest absolute Gasteiger partial charge is 0.252 e. The number of benzene rings is 1. The summed E-state index contributed by atoms with van der Waals surface area (Å²) in [5.41, 5.74) is 6.97. The number of anilines is 1. The summed E-state index contributed by atoms with van der Waals surface area (Å²) in [7, 11) is 0. The van der Waals surface area contributed by atoms with Crippen molar-refractivity contribution in [3.05, 3.63) is 28.2 Å². The van der Waals surface area contributed by atoms with E-state index in [4.69, 9.17) is 5.73 Å². The molecule has 0 aliphatic heterocycles. The van der Waals surface area contributed by atoms with Crippen molar-refractivity contribution in [1.29, 1.82) is 0 Å². The molecule has 3 nitrogen and oxygen atoms in total. The van der Waals surface area contributed by atoms with Crippen LogP contribution >= 0.6 is 15.9 Å². The summed E-state index contributed by atoms with van der Waals surface area (Å²) in [4.78, 5) is 12.3. The summed E-state index contributed by atoms with van der Waals surface area (Å²) in [6.45, 7) is 4.51. The maximum absolute atomic E-state index is 12.3. The van der Waals surface area contributed by atoms with Crippen molar-refractivity contribution < 1.29 is 4.79 Å². The lowest BCUT2D eigenvalue weighted by Crippen LogP contribution is -2.40. The van der Waals surface area contributed by atoms with E-state index >= 15 is 0 Å². The second kappa shape index (κ2) is 5.95. The van der Waals surface area contributed by atoms with Gasteiger partial charge in [-0.15, -0.1) is 0 Å². The van der Waals surface area contributed by atoms with Crippen molar-refractivity contribution in [2.75, 3.05) is 5.73 Å². The fourth-order valence-corrected chi connectivity index (χ4v) is 3.47. The molecule has 0 spiro atoms. The normalized spacial score (nSPS) is 27.0. The summed E-state index contributed by atoms with van der Waals surface area (Å²) in [6, 6.07) is 5.59. The molecule has 0 heterocycles. The number of nitrogens with one attached hydrogen (secondary N) is 1. The summed E-state index contributed by atoms with van der Waals surface area (Å²) in [5, 5.41) is 3.14. The third-order valence-electron chi connectivity index (χ3n) is 3.75. The van der Waals surface area contributed by atoms with Gasteiger partial charge in [0.1, 0.15) is 0 Å². The van der Waals surface area contributed by atoms with Gasteiger partial charge in [-0.2, -0.15) is 0 Å². The third kappa shape index (κ3) is 3.72. The second-order valence-electron chi connectivity index (χ2n) is 5.83. The fraction of sp³-hybridized carbons (Fsp3) is 0.533. The number of carbonyl (C=O) groups is 1. The van der Waals surface area contributed by atoms with Crippen LogP contribution in [0.5, 0.6) is 0 Å². The van der Waals surface area contributed by atoms with E-state index in [0.717, 1.165) is 17.3 Å². The molecule has 2 atom stereocenters. The van der Waals surface area contributed by atoms with Crippen LogP contribution in [-0.4, -0.2) is 11.9 Å². The lowest BCUT2D eigenvalue weighted by Gasteiger charge is -2.32. The van der Waals surface area contributed by atoms with Gasteiger partial charge in [0.05, 0.1) is 5.56 Å². The monoisotopic (exact) mass is 324 g/mol. The van der Waals surface area contributed by atoms with E-state index in [-0.39, 0.29) is 11.9 Å². The number of rotatable bonds is 2. The van der Waals surface area contributed by atoms with Gasteiger partial charge in [0.25, 0.3) is 5.91 Å². The lowest BCUT2D eigenvalue weighted by atomic mass is 9.80. The van der Waals surface area contributed by atoms with Crippen LogP contribution in [-0.2, 0) is 0 Å². The highest BCUT2D eigenvalue weighted by atomic mass is 79.9. The number of nitrogens with two attached hydrogens (primary N) is 1. The molecule has 3 N–H and O–H groups in total. The molecule has 0 radical (unpaired) electrons. The Balaban J connectivity index is 2.06. The molecule has 0 aromatic heterocycles. The van der Waals surface area contributed by atoms with Gasteiger partial charge in [-0.1, -0.05) is 13.8 Å². The van der Waals surface area contributed by atoms with Crippen molar-refractivity contribution in [2.24, 2.45) is 11.8 Å². The third-order valence-corrected chi connectivity index (χ3v) is 4.44. The maximum atomic E-state index is 12.3. The molecule has 4 heteroatoms. The Morgan fingerprint density at radius 1 is 1.26 bits per heavy atom. The standard InChI is InChI=1S/C15H21BrN2O/c1-9-5-10(2)7-12(6-9)18-15(19)13-8-11(17)3-4-14(13)16/h3-4,8-10,12H,5-7,17H2,1-2H3,(H,18,19). The van der Waals surface area contributed by atoms with Gasteiger partial charge in [-0.3, -0.25) is 4.79 Å². The predicted octanol–water partition coefficient (Wildman–Crippen LogP) is 3.59. The lowest BCUT2D eigenvalue weighted by molar-refractivity contribution is 0.0910. The van der Waals surface area contributed by atoms with E-state index in [1.54, 1.807) is 12.1 Å². The fourth-order valence-electron chi connectivity index (χ4n) is 3.04. The molecular formula is C15H21BrN2O. The van der Waals surface area contributed by atoms with Crippen LogP contribution in [0.4, 0.5) is 5.69 Å². The topological polar surface area (TPSA) is 55.1 Å². The Morgan fingerprint density at radius 3 is 2.53 bits per heavy atom. The average molecular weight is 325 g/mol. The Morgan fingerprint density at radius 2 is 1.89 bits per heavy atom. The van der Waals surface area contributed by atoms with E-state index in [2.05, 4.69) is 35.1 Å². The average Bonchev–Trinajstić information content (AvgIpc) is 2.30. The summed E-state index contributed by atoms with van der Waals surface area (Å²) in [6.07, 6.45) is 3.39. The number of hydrogen-bond acceptors (Lipinski definition) is 2. The van der Waals surface area contributed by atoms with Crippen LogP contribution in [0.2, 0.25) is 0 Å². The number of nitrogen functional groups attached to an aromatic ring is 1. The molecule has 1 amide bonds. The van der Waals surface area contributed by atoms with Gasteiger partial charge in [0.2, 0.25) is 0 Å². The van der Waals surface area contributed by atoms with Gasteiger partial charge in [0.15, 0.2) is 0 Å². The van der Waals surface area contributed by atoms with E-state index < -0.39 is 0 Å². The molecule has 1 aliphatic rings. The van der Waals surface area contributed by atoms with Crippen molar-refractivity contribution in [3.63, 3.8) is 0 Å². The Bertz CT molecular complexity index is 465. The van der Waals surface area contributed by atoms with E-state index in [0.29, 0.717) is 23.1 Å². The van der Waals surface area contributed by atoms with Gasteiger partial charge >= 0.3 is 0 Å². The number of halogens is 1. The Hall–Kier alpha value is -1.03. The van der Waals surface area contributed by atoms with Crippen LogP contribution < -0.4 is 11.1 Å². The van der Waals surface area contributed by atoms with Crippen LogP contribution in [0.3, 0.4) is 0 Å². The molecule has 2 unspecified atom stereocenters. The Labute approximate surface area is 123 Å². The molecule has 19 heavy (non-hydrogen) atoms. The van der Waals surface area contributed by atoms with Gasteiger partial charge < -0.3 is 11.1 Å². The first kappa shape index (κ1) is 14.4. The highest BCUT2D eigenvalue weighted by Crippen LogP contribution is 2.29. The maximum Gasteiger partial charge on any atom is 0.252 e. The summed E-state index contributed by atoms with van der Waals surface area (Å²) >= 11 is 3.40. The molecule has 1 aromatic rings.